The van der Waals surface area contributed by atoms with E-state index in [9.17, 15) is 9.50 Å². The Hall–Kier alpha value is -1.06. The molecule has 0 radical (unpaired) electrons. The number of rotatable bonds is 4. The Labute approximate surface area is 101 Å². The van der Waals surface area contributed by atoms with Gasteiger partial charge in [0, 0.05) is 11.6 Å². The van der Waals surface area contributed by atoms with E-state index in [0.29, 0.717) is 17.5 Å². The Morgan fingerprint density at radius 3 is 2.75 bits per heavy atom. The molecule has 1 atom stereocenters. The highest BCUT2D eigenvalue weighted by molar-refractivity contribution is 5.85. The third-order valence-electron chi connectivity index (χ3n) is 2.42. The highest BCUT2D eigenvalue weighted by atomic mass is 35.5. The minimum atomic E-state index is -0.582. The van der Waals surface area contributed by atoms with E-state index in [4.69, 9.17) is 5.73 Å². The van der Waals surface area contributed by atoms with Crippen LogP contribution in [0.4, 0.5) is 4.39 Å². The second kappa shape index (κ2) is 6.51. The summed E-state index contributed by atoms with van der Waals surface area (Å²) in [6.45, 7) is 5.19. The van der Waals surface area contributed by atoms with Crippen LogP contribution in [0.5, 0.6) is 5.75 Å². The van der Waals surface area contributed by atoms with Crippen molar-refractivity contribution in [2.24, 2.45) is 5.73 Å². The van der Waals surface area contributed by atoms with Gasteiger partial charge >= 0.3 is 0 Å². The van der Waals surface area contributed by atoms with Gasteiger partial charge in [0.25, 0.3) is 0 Å². The lowest BCUT2D eigenvalue weighted by Crippen LogP contribution is -2.10. The summed E-state index contributed by atoms with van der Waals surface area (Å²) in [6, 6.07) is 2.94. The van der Waals surface area contributed by atoms with Gasteiger partial charge in [-0.2, -0.15) is 0 Å². The second-order valence-electron chi connectivity index (χ2n) is 3.61. The van der Waals surface area contributed by atoms with Gasteiger partial charge in [0.1, 0.15) is 0 Å². The predicted octanol–water partition coefficient (Wildman–Crippen LogP) is 3.23. The molecule has 1 aromatic rings. The van der Waals surface area contributed by atoms with Crippen molar-refractivity contribution in [3.63, 3.8) is 0 Å². The average molecular weight is 246 g/mol. The van der Waals surface area contributed by atoms with Gasteiger partial charge in [0.15, 0.2) is 11.6 Å². The quantitative estimate of drug-likeness (QED) is 0.800. The van der Waals surface area contributed by atoms with E-state index in [1.807, 2.05) is 0 Å². The molecular formula is C12H17ClFNO. The number of halogens is 2. The Morgan fingerprint density at radius 1 is 1.56 bits per heavy atom. The number of hydrogen-bond donors (Lipinski definition) is 2. The fourth-order valence-electron chi connectivity index (χ4n) is 1.43. The molecule has 0 aliphatic rings. The van der Waals surface area contributed by atoms with Gasteiger partial charge in [-0.3, -0.25) is 0 Å². The molecule has 0 bridgehead atoms. The van der Waals surface area contributed by atoms with Gasteiger partial charge in [-0.15, -0.1) is 19.0 Å². The molecule has 3 N–H and O–H groups in total. The predicted molar refractivity (Wildman–Crippen MR) is 66.4 cm³/mol. The van der Waals surface area contributed by atoms with Crippen LogP contribution in [0.25, 0.3) is 0 Å². The number of aromatic hydroxyl groups is 1. The van der Waals surface area contributed by atoms with Gasteiger partial charge < -0.3 is 10.8 Å². The number of phenols is 1. The Kier molecular flexibility index (Phi) is 6.08. The Balaban J connectivity index is 0.00000225. The highest BCUT2D eigenvalue weighted by Gasteiger charge is 2.14. The van der Waals surface area contributed by atoms with E-state index >= 15 is 0 Å². The third kappa shape index (κ3) is 3.22. The van der Waals surface area contributed by atoms with Crippen molar-refractivity contribution in [1.82, 2.24) is 0 Å². The summed E-state index contributed by atoms with van der Waals surface area (Å²) in [4.78, 5) is 0. The Bertz CT molecular complexity index is 368. The molecule has 0 unspecified atom stereocenters. The van der Waals surface area contributed by atoms with E-state index < -0.39 is 5.82 Å². The highest BCUT2D eigenvalue weighted by Crippen LogP contribution is 2.29. The van der Waals surface area contributed by atoms with Crippen molar-refractivity contribution >= 4 is 12.4 Å². The molecular weight excluding hydrogens is 229 g/mol. The summed E-state index contributed by atoms with van der Waals surface area (Å²) in [6.07, 6.45) is 3.15. The summed E-state index contributed by atoms with van der Waals surface area (Å²) in [5.41, 5.74) is 6.71. The summed E-state index contributed by atoms with van der Waals surface area (Å²) in [5, 5.41) is 9.57. The number of nitrogens with two attached hydrogens (primary N) is 1. The van der Waals surface area contributed by atoms with Crippen LogP contribution in [0.2, 0.25) is 0 Å². The smallest absolute Gasteiger partial charge is 0.168 e. The zero-order chi connectivity index (χ0) is 11.4. The van der Waals surface area contributed by atoms with Crippen molar-refractivity contribution in [2.75, 3.05) is 0 Å². The zero-order valence-electron chi connectivity index (χ0n) is 9.24. The molecule has 0 aliphatic carbocycles. The monoisotopic (exact) mass is 245 g/mol. The van der Waals surface area contributed by atoms with Crippen LogP contribution in [0.3, 0.4) is 0 Å². The molecule has 0 amide bonds. The minimum absolute atomic E-state index is 0. The topological polar surface area (TPSA) is 46.2 Å². The van der Waals surface area contributed by atoms with Crippen molar-refractivity contribution in [3.8, 4) is 5.75 Å². The van der Waals surface area contributed by atoms with Crippen LogP contribution >= 0.6 is 12.4 Å². The molecule has 0 aliphatic heterocycles. The van der Waals surface area contributed by atoms with Crippen LogP contribution in [-0.2, 0) is 0 Å². The SMILES string of the molecule is C=CCC[C@H](N)c1ccc(C)c(F)c1O.Cl. The molecule has 90 valence electrons. The van der Waals surface area contributed by atoms with E-state index in [1.54, 1.807) is 25.1 Å². The first kappa shape index (κ1) is 14.9. The average Bonchev–Trinajstić information content (AvgIpc) is 2.23. The lowest BCUT2D eigenvalue weighted by molar-refractivity contribution is 0.416. The number of allylic oxidation sites excluding steroid dienone is 1. The largest absolute Gasteiger partial charge is 0.505 e. The molecule has 0 saturated heterocycles. The van der Waals surface area contributed by atoms with E-state index in [2.05, 4.69) is 6.58 Å². The summed E-state index contributed by atoms with van der Waals surface area (Å²) in [7, 11) is 0. The maximum atomic E-state index is 13.3. The summed E-state index contributed by atoms with van der Waals surface area (Å²) < 4.78 is 13.3. The van der Waals surface area contributed by atoms with Crippen LogP contribution in [0, 0.1) is 12.7 Å². The van der Waals surface area contributed by atoms with Crippen molar-refractivity contribution in [1.29, 1.82) is 0 Å². The number of phenolic OH excluding ortho intramolecular Hbond substituents is 1. The number of benzene rings is 1. The van der Waals surface area contributed by atoms with E-state index in [1.165, 1.54) is 0 Å². The molecule has 4 heteroatoms. The van der Waals surface area contributed by atoms with Gasteiger partial charge in [-0.25, -0.2) is 4.39 Å². The Morgan fingerprint density at radius 2 is 2.19 bits per heavy atom. The first-order valence-electron chi connectivity index (χ1n) is 4.92. The van der Waals surface area contributed by atoms with Crippen LogP contribution in [0.1, 0.15) is 30.0 Å². The fourth-order valence-corrected chi connectivity index (χ4v) is 1.43. The molecule has 0 fully saturated rings. The molecule has 0 saturated carbocycles. The third-order valence-corrected chi connectivity index (χ3v) is 2.42. The molecule has 1 rings (SSSR count). The maximum absolute atomic E-state index is 13.3. The molecule has 0 spiro atoms. The lowest BCUT2D eigenvalue weighted by Gasteiger charge is -2.13. The first-order valence-corrected chi connectivity index (χ1v) is 4.92. The normalized spacial score (nSPS) is 11.7. The van der Waals surface area contributed by atoms with Crippen LogP contribution < -0.4 is 5.73 Å². The van der Waals surface area contributed by atoms with Gasteiger partial charge in [0.05, 0.1) is 0 Å². The summed E-state index contributed by atoms with van der Waals surface area (Å²) in [5.74, 6) is -0.909. The summed E-state index contributed by atoms with van der Waals surface area (Å²) >= 11 is 0. The maximum Gasteiger partial charge on any atom is 0.168 e. The molecule has 0 aromatic heterocycles. The second-order valence-corrected chi connectivity index (χ2v) is 3.61. The standard InChI is InChI=1S/C12H16FNO.ClH/c1-3-4-5-10(14)9-7-6-8(2)11(13)12(9)15;/h3,6-7,10,15H,1,4-5,14H2,2H3;1H/t10-;/m0./s1. The first-order chi connectivity index (χ1) is 7.07. The molecule has 1 aromatic carbocycles. The molecule has 0 heterocycles. The molecule has 16 heavy (non-hydrogen) atoms. The van der Waals surface area contributed by atoms with Crippen LogP contribution in [0.15, 0.2) is 24.8 Å². The number of aryl methyl sites for hydroxylation is 1. The lowest BCUT2D eigenvalue weighted by atomic mass is 10.00. The fraction of sp³-hybridized carbons (Fsp3) is 0.333. The van der Waals surface area contributed by atoms with Gasteiger partial charge in [-0.05, 0) is 25.3 Å². The minimum Gasteiger partial charge on any atom is -0.505 e. The van der Waals surface area contributed by atoms with Crippen molar-refractivity contribution < 1.29 is 9.50 Å². The van der Waals surface area contributed by atoms with Gasteiger partial charge in [0.2, 0.25) is 0 Å². The van der Waals surface area contributed by atoms with Gasteiger partial charge in [-0.1, -0.05) is 18.2 Å². The van der Waals surface area contributed by atoms with Crippen LogP contribution in [-0.4, -0.2) is 5.11 Å². The van der Waals surface area contributed by atoms with E-state index in [0.717, 1.165) is 6.42 Å². The number of hydrogen-bond acceptors (Lipinski definition) is 2. The molecule has 2 nitrogen and oxygen atoms in total. The van der Waals surface area contributed by atoms with Crippen molar-refractivity contribution in [2.45, 2.75) is 25.8 Å². The zero-order valence-corrected chi connectivity index (χ0v) is 10.1. The van der Waals surface area contributed by atoms with E-state index in [-0.39, 0.29) is 24.2 Å². The van der Waals surface area contributed by atoms with Crippen molar-refractivity contribution in [3.05, 3.63) is 41.7 Å².